The molecule has 0 aliphatic heterocycles. The Morgan fingerprint density at radius 3 is 2.64 bits per heavy atom. The highest BCUT2D eigenvalue weighted by molar-refractivity contribution is 7.15. The molecule has 4 rings (SSSR count). The highest BCUT2D eigenvalue weighted by atomic mass is 32.1. The number of allylic oxidation sites excluding steroid dienone is 1. The van der Waals surface area contributed by atoms with Crippen LogP contribution < -0.4 is 10.1 Å². The van der Waals surface area contributed by atoms with Gasteiger partial charge >= 0.3 is 0 Å². The van der Waals surface area contributed by atoms with Crippen molar-refractivity contribution in [1.82, 2.24) is 9.38 Å². The Morgan fingerprint density at radius 2 is 1.88 bits per heavy atom. The molecule has 0 saturated heterocycles. The monoisotopic (exact) mass is 349 g/mol. The average Bonchev–Trinajstić information content (AvgIpc) is 3.12. The minimum Gasteiger partial charge on any atom is -0.267 e. The van der Waals surface area contributed by atoms with Crippen LogP contribution in [-0.2, 0) is 0 Å². The summed E-state index contributed by atoms with van der Waals surface area (Å²) in [6.45, 7) is 0. The molecular weight excluding hydrogens is 338 g/mol. The van der Waals surface area contributed by atoms with Gasteiger partial charge in [0, 0.05) is 12.1 Å². The van der Waals surface area contributed by atoms with E-state index >= 15 is 0 Å². The van der Waals surface area contributed by atoms with E-state index in [1.54, 1.807) is 34.8 Å². The fraction of sp³-hybridized carbons (Fsp3) is 0. The lowest BCUT2D eigenvalue weighted by Crippen LogP contribution is -2.22. The number of thiazole rings is 1. The first kappa shape index (κ1) is 15.2. The Bertz CT molecular complexity index is 1240. The van der Waals surface area contributed by atoms with Gasteiger partial charge in [-0.1, -0.05) is 35.6 Å². The summed E-state index contributed by atoms with van der Waals surface area (Å²) in [5.41, 5.74) is 2.38. The number of nitro groups is 1. The molecule has 0 aliphatic carbocycles. The van der Waals surface area contributed by atoms with Crippen molar-refractivity contribution in [3.05, 3.63) is 85.2 Å². The van der Waals surface area contributed by atoms with Crippen molar-refractivity contribution in [3.63, 3.8) is 0 Å². The highest BCUT2D eigenvalue weighted by Gasteiger charge is 2.09. The minimum absolute atomic E-state index is 0.0503. The van der Waals surface area contributed by atoms with Crippen LogP contribution in [0.5, 0.6) is 0 Å². The van der Waals surface area contributed by atoms with Gasteiger partial charge in [0.2, 0.25) is 0 Å². The molecule has 0 bridgehead atoms. The zero-order valence-electron chi connectivity index (χ0n) is 12.8. The third kappa shape index (κ3) is 2.70. The summed E-state index contributed by atoms with van der Waals surface area (Å²) in [7, 11) is 0. The normalized spacial score (nSPS) is 12.6. The molecule has 0 N–H and O–H groups in total. The summed E-state index contributed by atoms with van der Waals surface area (Å²) in [5, 5.41) is 10.6. The fourth-order valence-electron chi connectivity index (χ4n) is 2.58. The molecule has 25 heavy (non-hydrogen) atoms. The van der Waals surface area contributed by atoms with E-state index in [1.807, 2.05) is 24.3 Å². The summed E-state index contributed by atoms with van der Waals surface area (Å²) < 4.78 is 2.21. The number of hydrogen-bond acceptors (Lipinski definition) is 5. The van der Waals surface area contributed by atoms with Crippen LogP contribution in [0.4, 0.5) is 5.69 Å². The van der Waals surface area contributed by atoms with Crippen LogP contribution in [0, 0.1) is 10.1 Å². The van der Waals surface area contributed by atoms with Crippen molar-refractivity contribution in [2.24, 2.45) is 0 Å². The predicted octanol–water partition coefficient (Wildman–Crippen LogP) is 3.03. The van der Waals surface area contributed by atoms with Crippen LogP contribution in [0.25, 0.3) is 28.1 Å². The number of non-ortho nitro benzene ring substituents is 1. The molecule has 0 aliphatic rings. The lowest BCUT2D eigenvalue weighted by Gasteiger charge is -1.92. The minimum atomic E-state index is -0.435. The molecule has 0 saturated carbocycles. The zero-order valence-corrected chi connectivity index (χ0v) is 13.6. The quantitative estimate of drug-likeness (QED) is 0.421. The number of aromatic nitrogens is 2. The van der Waals surface area contributed by atoms with E-state index in [1.165, 1.54) is 23.5 Å². The van der Waals surface area contributed by atoms with E-state index in [0.29, 0.717) is 9.49 Å². The molecule has 0 spiro atoms. The van der Waals surface area contributed by atoms with E-state index < -0.39 is 4.92 Å². The maximum atomic E-state index is 12.6. The Kier molecular flexibility index (Phi) is 3.62. The maximum absolute atomic E-state index is 12.6. The summed E-state index contributed by atoms with van der Waals surface area (Å²) in [6.07, 6.45) is 5.29. The third-order valence-electron chi connectivity index (χ3n) is 3.79. The summed E-state index contributed by atoms with van der Waals surface area (Å²) in [4.78, 5) is 27.9. The topological polar surface area (TPSA) is 77.5 Å². The number of nitrogens with zero attached hydrogens (tertiary/aromatic N) is 3. The lowest BCUT2D eigenvalue weighted by atomic mass is 10.2. The number of hydrogen-bond donors (Lipinski definition) is 0. The SMILES string of the molecule is O=c1/c(=C/C=C/c2ccc([N+](=O)[O-])cc2)sc2nc3ccccc3n12. The first-order chi connectivity index (χ1) is 12.1. The van der Waals surface area contributed by atoms with Gasteiger partial charge in [-0.25, -0.2) is 9.38 Å². The Hall–Kier alpha value is -3.32. The Morgan fingerprint density at radius 1 is 1.12 bits per heavy atom. The molecule has 0 unspecified atom stereocenters. The number of benzene rings is 2. The second-order valence-corrected chi connectivity index (χ2v) is 6.37. The number of imidazole rings is 1. The molecule has 4 aromatic rings. The van der Waals surface area contributed by atoms with Gasteiger partial charge in [-0.2, -0.15) is 0 Å². The maximum Gasteiger partial charge on any atom is 0.274 e. The Balaban J connectivity index is 1.70. The molecule has 0 atom stereocenters. The van der Waals surface area contributed by atoms with Crippen molar-refractivity contribution in [1.29, 1.82) is 0 Å². The predicted molar refractivity (Wildman–Crippen MR) is 98.7 cm³/mol. The number of rotatable bonds is 3. The van der Waals surface area contributed by atoms with Crippen molar-refractivity contribution in [2.75, 3.05) is 0 Å². The largest absolute Gasteiger partial charge is 0.274 e. The average molecular weight is 349 g/mol. The van der Waals surface area contributed by atoms with Gasteiger partial charge in [-0.05, 0) is 35.9 Å². The van der Waals surface area contributed by atoms with E-state index in [4.69, 9.17) is 0 Å². The van der Waals surface area contributed by atoms with Gasteiger partial charge < -0.3 is 0 Å². The van der Waals surface area contributed by atoms with Crippen molar-refractivity contribution in [3.8, 4) is 0 Å². The van der Waals surface area contributed by atoms with Gasteiger partial charge in [0.1, 0.15) is 0 Å². The fourth-order valence-corrected chi connectivity index (χ4v) is 3.52. The molecule has 122 valence electrons. The molecule has 0 fully saturated rings. The zero-order chi connectivity index (χ0) is 17.4. The molecule has 0 amide bonds. The molecule has 2 aromatic carbocycles. The van der Waals surface area contributed by atoms with Crippen molar-refractivity contribution < 1.29 is 4.92 Å². The van der Waals surface area contributed by atoms with Gasteiger partial charge in [0.05, 0.1) is 20.5 Å². The van der Waals surface area contributed by atoms with Crippen LogP contribution in [0.1, 0.15) is 5.56 Å². The number of nitro benzene ring substituents is 1. The van der Waals surface area contributed by atoms with E-state index in [-0.39, 0.29) is 11.2 Å². The van der Waals surface area contributed by atoms with Crippen LogP contribution in [0.2, 0.25) is 0 Å². The Labute approximate surface area is 145 Å². The summed E-state index contributed by atoms with van der Waals surface area (Å²) >= 11 is 1.33. The van der Waals surface area contributed by atoms with Crippen LogP contribution in [0.3, 0.4) is 0 Å². The van der Waals surface area contributed by atoms with Gasteiger partial charge in [0.15, 0.2) is 4.96 Å². The van der Waals surface area contributed by atoms with Crippen LogP contribution in [-0.4, -0.2) is 14.3 Å². The molecule has 2 heterocycles. The molecule has 2 aromatic heterocycles. The van der Waals surface area contributed by atoms with E-state index in [0.717, 1.165) is 16.6 Å². The van der Waals surface area contributed by atoms with Crippen LogP contribution in [0.15, 0.2) is 59.4 Å². The summed E-state index contributed by atoms with van der Waals surface area (Å²) in [5.74, 6) is 0. The van der Waals surface area contributed by atoms with E-state index in [9.17, 15) is 14.9 Å². The standard InChI is InChI=1S/C18H11N3O3S/c22-17-16(7-3-4-12-8-10-13(11-9-12)21(23)24)25-18-19-14-5-1-2-6-15(14)20(17)18/h1-11H/b4-3+,16-7-. The second-order valence-electron chi connectivity index (χ2n) is 5.36. The first-order valence-electron chi connectivity index (χ1n) is 7.46. The molecule has 6 nitrogen and oxygen atoms in total. The smallest absolute Gasteiger partial charge is 0.267 e. The van der Waals surface area contributed by atoms with Gasteiger partial charge in [-0.3, -0.25) is 14.9 Å². The molecule has 0 radical (unpaired) electrons. The number of para-hydroxylation sites is 2. The lowest BCUT2D eigenvalue weighted by molar-refractivity contribution is -0.384. The number of fused-ring (bicyclic) bond motifs is 3. The first-order valence-corrected chi connectivity index (χ1v) is 8.28. The summed E-state index contributed by atoms with van der Waals surface area (Å²) in [6, 6.07) is 13.8. The molecule has 7 heteroatoms. The van der Waals surface area contributed by atoms with Crippen LogP contribution >= 0.6 is 11.3 Å². The third-order valence-corrected chi connectivity index (χ3v) is 4.77. The van der Waals surface area contributed by atoms with E-state index in [2.05, 4.69) is 4.98 Å². The highest BCUT2D eigenvalue weighted by Crippen LogP contribution is 2.15. The van der Waals surface area contributed by atoms with Gasteiger partial charge in [0.25, 0.3) is 11.2 Å². The van der Waals surface area contributed by atoms with Gasteiger partial charge in [-0.15, -0.1) is 0 Å². The molecular formula is C18H11N3O3S. The second kappa shape index (κ2) is 5.95. The van der Waals surface area contributed by atoms with Crippen molar-refractivity contribution in [2.45, 2.75) is 0 Å². The van der Waals surface area contributed by atoms with Crippen molar-refractivity contribution >= 4 is 45.2 Å².